The Morgan fingerprint density at radius 2 is 1.76 bits per heavy atom. The zero-order valence-electron chi connectivity index (χ0n) is 18.2. The van der Waals surface area contributed by atoms with Gasteiger partial charge in [-0.3, -0.25) is 4.57 Å². The molecule has 2 heterocycles. The number of alkyl halides is 3. The maximum atomic E-state index is 13.0. The van der Waals surface area contributed by atoms with Gasteiger partial charge in [0.25, 0.3) is 0 Å². The quantitative estimate of drug-likeness (QED) is 0.536. The lowest BCUT2D eigenvalue weighted by Crippen LogP contribution is -2.39. The van der Waals surface area contributed by atoms with E-state index in [1.165, 1.54) is 10.6 Å². The van der Waals surface area contributed by atoms with Gasteiger partial charge in [0.15, 0.2) is 0 Å². The third kappa shape index (κ3) is 5.63. The minimum Gasteiger partial charge on any atom is -0.457 e. The van der Waals surface area contributed by atoms with Crippen molar-refractivity contribution in [3.05, 3.63) is 75.2 Å². The molecular formula is C23H22ClF3N4O3. The first-order valence-electron chi connectivity index (χ1n) is 10.5. The van der Waals surface area contributed by atoms with Crippen molar-refractivity contribution in [3.8, 4) is 11.5 Å². The lowest BCUT2D eigenvalue weighted by atomic mass is 10.2. The van der Waals surface area contributed by atoms with Gasteiger partial charge < -0.3 is 19.7 Å². The van der Waals surface area contributed by atoms with Crippen LogP contribution < -0.4 is 20.6 Å². The molecule has 0 bridgehead atoms. The van der Waals surface area contributed by atoms with E-state index in [2.05, 4.69) is 15.2 Å². The summed E-state index contributed by atoms with van der Waals surface area (Å²) < 4.78 is 51.5. The van der Waals surface area contributed by atoms with Gasteiger partial charge in [-0.15, -0.1) is 0 Å². The average molecular weight is 495 g/mol. The molecule has 34 heavy (non-hydrogen) atoms. The molecule has 0 radical (unpaired) electrons. The molecule has 1 aliphatic heterocycles. The van der Waals surface area contributed by atoms with Crippen molar-refractivity contribution in [1.82, 2.24) is 9.55 Å². The predicted molar refractivity (Wildman–Crippen MR) is 123 cm³/mol. The molecule has 1 aromatic heterocycles. The van der Waals surface area contributed by atoms with Crippen LogP contribution in [0.2, 0.25) is 5.02 Å². The van der Waals surface area contributed by atoms with E-state index in [-0.39, 0.29) is 16.5 Å². The third-order valence-electron chi connectivity index (χ3n) is 5.32. The van der Waals surface area contributed by atoms with E-state index in [1.807, 2.05) is 6.07 Å². The largest absolute Gasteiger partial charge is 0.457 e. The molecule has 0 saturated carbocycles. The van der Waals surface area contributed by atoms with Crippen molar-refractivity contribution < 1.29 is 22.6 Å². The lowest BCUT2D eigenvalue weighted by Gasteiger charge is -2.30. The van der Waals surface area contributed by atoms with Crippen LogP contribution in [0.15, 0.2) is 53.3 Å². The summed E-state index contributed by atoms with van der Waals surface area (Å²) in [7, 11) is 1.68. The maximum Gasteiger partial charge on any atom is 0.417 e. The zero-order valence-corrected chi connectivity index (χ0v) is 19.0. The van der Waals surface area contributed by atoms with Crippen LogP contribution in [-0.4, -0.2) is 35.9 Å². The fourth-order valence-corrected chi connectivity index (χ4v) is 3.73. The van der Waals surface area contributed by atoms with E-state index in [1.54, 1.807) is 31.3 Å². The van der Waals surface area contributed by atoms with Gasteiger partial charge in [-0.2, -0.15) is 18.2 Å². The normalized spacial score (nSPS) is 14.2. The van der Waals surface area contributed by atoms with Crippen LogP contribution in [0.3, 0.4) is 0 Å². The van der Waals surface area contributed by atoms with Crippen molar-refractivity contribution in [2.75, 3.05) is 36.5 Å². The summed E-state index contributed by atoms with van der Waals surface area (Å²) in [6, 6.07) is 12.1. The van der Waals surface area contributed by atoms with Crippen LogP contribution in [0.1, 0.15) is 11.1 Å². The number of nitrogens with zero attached hydrogens (tertiary/aromatic N) is 3. The minimum absolute atomic E-state index is 0.0302. The summed E-state index contributed by atoms with van der Waals surface area (Å²) >= 11 is 5.65. The molecule has 11 heteroatoms. The summed E-state index contributed by atoms with van der Waals surface area (Å²) in [5.41, 5.74) is -0.447. The van der Waals surface area contributed by atoms with Crippen LogP contribution in [0, 0.1) is 0 Å². The molecule has 2 aromatic carbocycles. The molecule has 1 aliphatic rings. The van der Waals surface area contributed by atoms with Crippen LogP contribution in [0.25, 0.3) is 0 Å². The van der Waals surface area contributed by atoms with Gasteiger partial charge in [0.1, 0.15) is 23.1 Å². The smallest absolute Gasteiger partial charge is 0.417 e. The van der Waals surface area contributed by atoms with Crippen molar-refractivity contribution in [3.63, 3.8) is 0 Å². The lowest BCUT2D eigenvalue weighted by molar-refractivity contribution is -0.137. The number of anilines is 2. The predicted octanol–water partition coefficient (Wildman–Crippen LogP) is 4.69. The monoisotopic (exact) mass is 494 g/mol. The summed E-state index contributed by atoms with van der Waals surface area (Å²) in [4.78, 5) is 18.4. The number of hydrogen-bond donors (Lipinski definition) is 1. The fraction of sp³-hybridized carbons (Fsp3) is 0.304. The van der Waals surface area contributed by atoms with Crippen molar-refractivity contribution in [2.45, 2.75) is 12.7 Å². The number of nitrogens with one attached hydrogen (secondary N) is 1. The third-order valence-corrected chi connectivity index (χ3v) is 5.65. The van der Waals surface area contributed by atoms with E-state index in [4.69, 9.17) is 21.1 Å². The second kappa shape index (κ2) is 9.94. The Hall–Kier alpha value is -3.24. The van der Waals surface area contributed by atoms with Gasteiger partial charge in [-0.25, -0.2) is 4.79 Å². The van der Waals surface area contributed by atoms with Crippen molar-refractivity contribution in [1.29, 1.82) is 0 Å². The standard InChI is InChI=1S/C23H22ClF3N4O3/c1-30-21(31-8-10-33-11-9-31)13-20(29-22(30)32)28-14-15-2-4-16(5-3-15)34-17-6-7-19(24)18(12-17)23(25,26)27/h2-7,12-13H,8-11,14H2,1H3,(H,28,29,32). The number of rotatable bonds is 6. The molecule has 3 aromatic rings. The first kappa shape index (κ1) is 23.9. The Morgan fingerprint density at radius 3 is 2.44 bits per heavy atom. The van der Waals surface area contributed by atoms with Crippen LogP contribution in [-0.2, 0) is 24.5 Å². The molecule has 180 valence electrons. The number of halogens is 4. The number of aromatic nitrogens is 2. The second-order valence-corrected chi connectivity index (χ2v) is 8.09. The highest BCUT2D eigenvalue weighted by Gasteiger charge is 2.33. The van der Waals surface area contributed by atoms with Gasteiger partial charge in [-0.05, 0) is 35.9 Å². The molecule has 0 amide bonds. The Labute approximate surface area is 198 Å². The van der Waals surface area contributed by atoms with E-state index >= 15 is 0 Å². The number of ether oxygens (including phenoxy) is 2. The van der Waals surface area contributed by atoms with Crippen LogP contribution in [0.4, 0.5) is 24.8 Å². The van der Waals surface area contributed by atoms with Gasteiger partial charge in [0, 0.05) is 32.7 Å². The van der Waals surface area contributed by atoms with E-state index in [0.29, 0.717) is 44.4 Å². The molecule has 0 atom stereocenters. The fourth-order valence-electron chi connectivity index (χ4n) is 3.50. The Bertz CT molecular complexity index is 1210. The van der Waals surface area contributed by atoms with Crippen molar-refractivity contribution >= 4 is 23.2 Å². The van der Waals surface area contributed by atoms with Crippen LogP contribution in [0.5, 0.6) is 11.5 Å². The molecule has 0 aliphatic carbocycles. The molecule has 1 N–H and O–H groups in total. The maximum absolute atomic E-state index is 13.0. The molecule has 0 spiro atoms. The first-order valence-corrected chi connectivity index (χ1v) is 10.9. The average Bonchev–Trinajstić information content (AvgIpc) is 2.81. The highest BCUT2D eigenvalue weighted by atomic mass is 35.5. The van der Waals surface area contributed by atoms with E-state index in [9.17, 15) is 18.0 Å². The number of benzene rings is 2. The SMILES string of the molecule is Cn1c(N2CCOCC2)cc(NCc2ccc(Oc3ccc(Cl)c(C(F)(F)F)c3)cc2)nc1=O. The first-order chi connectivity index (χ1) is 16.2. The summed E-state index contributed by atoms with van der Waals surface area (Å²) in [6.45, 7) is 2.97. The second-order valence-electron chi connectivity index (χ2n) is 7.68. The van der Waals surface area contributed by atoms with Gasteiger partial charge in [-0.1, -0.05) is 23.7 Å². The van der Waals surface area contributed by atoms with Crippen molar-refractivity contribution in [2.24, 2.45) is 7.05 Å². The topological polar surface area (TPSA) is 68.6 Å². The highest BCUT2D eigenvalue weighted by Crippen LogP contribution is 2.37. The number of morpholine rings is 1. The zero-order chi connectivity index (χ0) is 24.3. The summed E-state index contributed by atoms with van der Waals surface area (Å²) in [5.74, 6) is 1.62. The van der Waals surface area contributed by atoms with Gasteiger partial charge in [0.05, 0.1) is 23.8 Å². The van der Waals surface area contributed by atoms with Gasteiger partial charge in [0.2, 0.25) is 0 Å². The Kier molecular flexibility index (Phi) is 6.99. The summed E-state index contributed by atoms with van der Waals surface area (Å²) in [5, 5.41) is 2.76. The van der Waals surface area contributed by atoms with E-state index < -0.39 is 11.7 Å². The highest BCUT2D eigenvalue weighted by molar-refractivity contribution is 6.31. The molecule has 0 unspecified atom stereocenters. The molecule has 4 rings (SSSR count). The molecule has 1 saturated heterocycles. The van der Waals surface area contributed by atoms with E-state index in [0.717, 1.165) is 23.5 Å². The number of hydrogen-bond acceptors (Lipinski definition) is 6. The van der Waals surface area contributed by atoms with Crippen LogP contribution >= 0.6 is 11.6 Å². The Morgan fingerprint density at radius 1 is 1.09 bits per heavy atom. The minimum atomic E-state index is -4.57. The summed E-state index contributed by atoms with van der Waals surface area (Å²) in [6.07, 6.45) is -4.57. The van der Waals surface area contributed by atoms with Gasteiger partial charge >= 0.3 is 11.9 Å². The molecule has 7 nitrogen and oxygen atoms in total. The Balaban J connectivity index is 1.42. The molecule has 1 fully saturated rings. The molecular weight excluding hydrogens is 473 g/mol.